The number of sulfone groups is 1. The van der Waals surface area contributed by atoms with E-state index in [1.165, 1.54) is 11.8 Å². The maximum absolute atomic E-state index is 12.7. The Balaban J connectivity index is 1.70. The van der Waals surface area contributed by atoms with E-state index in [4.69, 9.17) is 9.47 Å². The zero-order valence-electron chi connectivity index (χ0n) is 16.6. The van der Waals surface area contributed by atoms with Crippen molar-refractivity contribution in [1.82, 2.24) is 0 Å². The lowest BCUT2D eigenvalue weighted by molar-refractivity contribution is -0.117. The number of carbonyl (C=O) groups is 1. The second kappa shape index (κ2) is 8.31. The number of amidine groups is 1. The molecule has 2 fully saturated rings. The number of ether oxygens (including phenoxy) is 2. The number of hydrogen-bond acceptors (Lipinski definition) is 6. The van der Waals surface area contributed by atoms with Gasteiger partial charge in [-0.15, -0.1) is 0 Å². The van der Waals surface area contributed by atoms with Crippen LogP contribution in [0.1, 0.15) is 5.56 Å². The molecule has 2 aliphatic rings. The van der Waals surface area contributed by atoms with Crippen LogP contribution in [0.5, 0.6) is 11.5 Å². The summed E-state index contributed by atoms with van der Waals surface area (Å²) in [4.78, 5) is 18.8. The van der Waals surface area contributed by atoms with Crippen LogP contribution in [-0.2, 0) is 21.1 Å². The van der Waals surface area contributed by atoms with E-state index in [0.29, 0.717) is 22.4 Å². The highest BCUT2D eigenvalue weighted by atomic mass is 32.2. The summed E-state index contributed by atoms with van der Waals surface area (Å²) in [5.74, 6) is 0.971. The maximum atomic E-state index is 12.7. The summed E-state index contributed by atoms with van der Waals surface area (Å²) in [5, 5.41) is 0.328. The fourth-order valence-electron chi connectivity index (χ4n) is 3.75. The van der Waals surface area contributed by atoms with Gasteiger partial charge in [-0.1, -0.05) is 42.1 Å². The standard InChI is InChI=1S/C21H22N2O5S2/c1-27-15-8-9-16(18(11-15)28-2)23-17-12-30(25,26)13-19(17)29-21(23)22-20(24)10-14-6-4-3-5-7-14/h3-9,11,17,19H,10,12-13H2,1-2H3. The molecule has 0 N–H and O–H groups in total. The Hall–Kier alpha value is -2.52. The highest BCUT2D eigenvalue weighted by Gasteiger charge is 2.50. The van der Waals surface area contributed by atoms with Crippen LogP contribution in [0.25, 0.3) is 0 Å². The van der Waals surface area contributed by atoms with Crippen molar-refractivity contribution in [2.45, 2.75) is 17.7 Å². The third-order valence-electron chi connectivity index (χ3n) is 5.13. The molecule has 158 valence electrons. The highest BCUT2D eigenvalue weighted by molar-refractivity contribution is 8.16. The van der Waals surface area contributed by atoms with Crippen LogP contribution < -0.4 is 14.4 Å². The minimum Gasteiger partial charge on any atom is -0.497 e. The van der Waals surface area contributed by atoms with Gasteiger partial charge in [0.1, 0.15) is 11.5 Å². The molecule has 1 amide bonds. The van der Waals surface area contributed by atoms with Crippen molar-refractivity contribution in [3.05, 3.63) is 54.1 Å². The van der Waals surface area contributed by atoms with Gasteiger partial charge >= 0.3 is 0 Å². The highest BCUT2D eigenvalue weighted by Crippen LogP contribution is 2.44. The SMILES string of the molecule is COc1ccc(N2C(=NC(=O)Cc3ccccc3)SC3CS(=O)(=O)CC32)c(OC)c1. The van der Waals surface area contributed by atoms with Crippen LogP contribution >= 0.6 is 11.8 Å². The molecule has 2 aromatic rings. The molecular formula is C21H22N2O5S2. The van der Waals surface area contributed by atoms with Crippen molar-refractivity contribution in [1.29, 1.82) is 0 Å². The third kappa shape index (κ3) is 4.17. The first kappa shape index (κ1) is 20.7. The van der Waals surface area contributed by atoms with Crippen LogP contribution in [0.2, 0.25) is 0 Å². The van der Waals surface area contributed by atoms with Gasteiger partial charge in [0.15, 0.2) is 15.0 Å². The van der Waals surface area contributed by atoms with Crippen LogP contribution in [0.4, 0.5) is 5.69 Å². The van der Waals surface area contributed by atoms with Gasteiger partial charge in [0.05, 0.1) is 43.9 Å². The molecule has 0 aromatic heterocycles. The first-order valence-electron chi connectivity index (χ1n) is 9.44. The number of carbonyl (C=O) groups excluding carboxylic acids is 1. The van der Waals surface area contributed by atoms with Crippen molar-refractivity contribution in [3.8, 4) is 11.5 Å². The summed E-state index contributed by atoms with van der Waals surface area (Å²) in [7, 11) is -0.0395. The van der Waals surface area contributed by atoms with Crippen LogP contribution in [0, 0.1) is 0 Å². The number of fused-ring (bicyclic) bond motifs is 1. The summed E-state index contributed by atoms with van der Waals surface area (Å²) in [5.41, 5.74) is 1.55. The second-order valence-electron chi connectivity index (χ2n) is 7.16. The molecule has 7 nitrogen and oxygen atoms in total. The molecule has 2 aliphatic heterocycles. The average molecular weight is 447 g/mol. The van der Waals surface area contributed by atoms with Gasteiger partial charge in [-0.3, -0.25) is 4.79 Å². The van der Waals surface area contributed by atoms with Crippen LogP contribution in [0.15, 0.2) is 53.5 Å². The molecule has 2 unspecified atom stereocenters. The number of hydrogen-bond donors (Lipinski definition) is 0. The lowest BCUT2D eigenvalue weighted by atomic mass is 10.1. The first-order chi connectivity index (χ1) is 14.4. The molecule has 0 spiro atoms. The lowest BCUT2D eigenvalue weighted by Crippen LogP contribution is -2.38. The Bertz CT molecular complexity index is 1090. The fraction of sp³-hybridized carbons (Fsp3) is 0.333. The molecule has 2 aromatic carbocycles. The predicted molar refractivity (Wildman–Crippen MR) is 118 cm³/mol. The zero-order valence-corrected chi connectivity index (χ0v) is 18.3. The summed E-state index contributed by atoms with van der Waals surface area (Å²) in [6.45, 7) is 0. The van der Waals surface area contributed by atoms with E-state index in [-0.39, 0.29) is 35.1 Å². The number of aliphatic imine (C=N–C) groups is 1. The predicted octanol–water partition coefficient (Wildman–Crippen LogP) is 2.55. The molecule has 2 atom stereocenters. The normalized spacial score (nSPS) is 23.4. The molecule has 30 heavy (non-hydrogen) atoms. The van der Waals surface area contributed by atoms with Gasteiger partial charge < -0.3 is 14.4 Å². The Kier molecular flexibility index (Phi) is 5.75. The van der Waals surface area contributed by atoms with Gasteiger partial charge in [0.2, 0.25) is 0 Å². The number of rotatable bonds is 5. The molecule has 0 radical (unpaired) electrons. The number of anilines is 1. The number of benzene rings is 2. The molecule has 2 heterocycles. The maximum Gasteiger partial charge on any atom is 0.252 e. The summed E-state index contributed by atoms with van der Waals surface area (Å²) in [6.07, 6.45) is 0.187. The molecule has 0 aliphatic carbocycles. The van der Waals surface area contributed by atoms with E-state index in [1.54, 1.807) is 26.4 Å². The number of amides is 1. The topological polar surface area (TPSA) is 85.3 Å². The van der Waals surface area contributed by atoms with Gasteiger partial charge in [0, 0.05) is 11.3 Å². The number of methoxy groups -OCH3 is 2. The summed E-state index contributed by atoms with van der Waals surface area (Å²) >= 11 is 1.34. The van der Waals surface area contributed by atoms with Crippen molar-refractivity contribution in [2.24, 2.45) is 4.99 Å². The summed E-state index contributed by atoms with van der Waals surface area (Å²) in [6, 6.07) is 14.4. The smallest absolute Gasteiger partial charge is 0.252 e. The lowest BCUT2D eigenvalue weighted by Gasteiger charge is -2.26. The largest absolute Gasteiger partial charge is 0.497 e. The Morgan fingerprint density at radius 3 is 2.60 bits per heavy atom. The van der Waals surface area contributed by atoms with Crippen molar-refractivity contribution >= 4 is 38.4 Å². The molecule has 9 heteroatoms. The minimum absolute atomic E-state index is 0.0196. The van der Waals surface area contributed by atoms with E-state index in [9.17, 15) is 13.2 Å². The first-order valence-corrected chi connectivity index (χ1v) is 12.1. The Morgan fingerprint density at radius 2 is 1.90 bits per heavy atom. The van der Waals surface area contributed by atoms with E-state index in [0.717, 1.165) is 5.56 Å². The van der Waals surface area contributed by atoms with E-state index in [2.05, 4.69) is 4.99 Å². The zero-order chi connectivity index (χ0) is 21.3. The monoisotopic (exact) mass is 446 g/mol. The Labute approximate surface area is 180 Å². The molecule has 0 bridgehead atoms. The van der Waals surface area contributed by atoms with E-state index < -0.39 is 9.84 Å². The number of thioether (sulfide) groups is 1. The van der Waals surface area contributed by atoms with E-state index >= 15 is 0 Å². The van der Waals surface area contributed by atoms with Gasteiger partial charge in [0.25, 0.3) is 5.91 Å². The minimum atomic E-state index is -3.15. The molecule has 4 rings (SSSR count). The van der Waals surface area contributed by atoms with Crippen molar-refractivity contribution in [2.75, 3.05) is 30.6 Å². The van der Waals surface area contributed by atoms with Gasteiger partial charge in [-0.2, -0.15) is 4.99 Å². The van der Waals surface area contributed by atoms with Crippen LogP contribution in [0.3, 0.4) is 0 Å². The van der Waals surface area contributed by atoms with Crippen molar-refractivity contribution < 1.29 is 22.7 Å². The van der Waals surface area contributed by atoms with Gasteiger partial charge in [-0.25, -0.2) is 8.42 Å². The van der Waals surface area contributed by atoms with Gasteiger partial charge in [-0.05, 0) is 17.7 Å². The second-order valence-corrected chi connectivity index (χ2v) is 10.5. The average Bonchev–Trinajstić information content (AvgIpc) is 3.18. The Morgan fingerprint density at radius 1 is 1.13 bits per heavy atom. The van der Waals surface area contributed by atoms with E-state index in [1.807, 2.05) is 41.3 Å². The van der Waals surface area contributed by atoms with Crippen molar-refractivity contribution in [3.63, 3.8) is 0 Å². The molecular weight excluding hydrogens is 424 g/mol. The third-order valence-corrected chi connectivity index (χ3v) is 8.34. The number of nitrogens with zero attached hydrogens (tertiary/aromatic N) is 2. The summed E-state index contributed by atoms with van der Waals surface area (Å²) < 4.78 is 35.3. The molecule has 0 saturated carbocycles. The van der Waals surface area contributed by atoms with Crippen LogP contribution in [-0.4, -0.2) is 56.5 Å². The fourth-order valence-corrected chi connectivity index (χ4v) is 7.67. The quantitative estimate of drug-likeness (QED) is 0.698. The molecule has 2 saturated heterocycles.